The molecule has 1 aliphatic carbocycles. The van der Waals surface area contributed by atoms with Gasteiger partial charge in [0.25, 0.3) is 5.56 Å². The van der Waals surface area contributed by atoms with Crippen molar-refractivity contribution in [1.29, 1.82) is 0 Å². The lowest BCUT2D eigenvalue weighted by molar-refractivity contribution is 0.0501. The maximum Gasteiger partial charge on any atom is 0.408 e. The molecule has 35 heavy (non-hydrogen) atoms. The van der Waals surface area contributed by atoms with Gasteiger partial charge in [0.15, 0.2) is 0 Å². The number of H-pyrrole nitrogens is 1. The van der Waals surface area contributed by atoms with Crippen molar-refractivity contribution in [2.75, 3.05) is 0 Å². The van der Waals surface area contributed by atoms with E-state index >= 15 is 0 Å². The largest absolute Gasteiger partial charge is 0.444 e. The Balaban J connectivity index is 0.000000313. The lowest BCUT2D eigenvalue weighted by Gasteiger charge is -2.23. The molecule has 1 saturated carbocycles. The third-order valence-corrected chi connectivity index (χ3v) is 5.12. The molecule has 4 rings (SSSR count). The standard InChI is InChI=1S/C18H21F2N3O3.C9H10/c1-10-5-15(24)23-16(21-10)14(22-17(25)26-18(2,3)4)8-11-6-12(19)9-13(20)7-11;1-2-4-8(5-3-1)9-6-7-9/h5-7,9,14H,8H2,1-4H3,(H,22,25)(H,21,23,24);1-5,9H,6-7H2. The average molecular weight is 484 g/mol. The molecule has 0 radical (unpaired) electrons. The quantitative estimate of drug-likeness (QED) is 0.486. The van der Waals surface area contributed by atoms with E-state index in [0.717, 1.165) is 24.1 Å². The van der Waals surface area contributed by atoms with Gasteiger partial charge < -0.3 is 15.0 Å². The van der Waals surface area contributed by atoms with Gasteiger partial charge in [-0.05, 0) is 69.7 Å². The van der Waals surface area contributed by atoms with Crippen molar-refractivity contribution >= 4 is 6.09 Å². The molecule has 8 heteroatoms. The Labute approximate surface area is 203 Å². The molecule has 1 amide bonds. The Hall–Kier alpha value is -3.55. The summed E-state index contributed by atoms with van der Waals surface area (Å²) >= 11 is 0. The Morgan fingerprint density at radius 1 is 1.11 bits per heavy atom. The van der Waals surface area contributed by atoms with Gasteiger partial charge in [0.1, 0.15) is 23.1 Å². The predicted molar refractivity (Wildman–Crippen MR) is 130 cm³/mol. The molecule has 1 fully saturated rings. The zero-order chi connectivity index (χ0) is 25.6. The van der Waals surface area contributed by atoms with Gasteiger partial charge in [-0.3, -0.25) is 4.79 Å². The van der Waals surface area contributed by atoms with Crippen molar-refractivity contribution in [3.05, 3.63) is 99.2 Å². The molecule has 2 N–H and O–H groups in total. The maximum absolute atomic E-state index is 13.5. The number of aromatic nitrogens is 2. The minimum atomic E-state index is -0.835. The van der Waals surface area contributed by atoms with Gasteiger partial charge in [-0.2, -0.15) is 0 Å². The molecular formula is C27H31F2N3O3. The first-order valence-corrected chi connectivity index (χ1v) is 11.6. The fraction of sp³-hybridized carbons (Fsp3) is 0.370. The number of halogens is 2. The molecule has 186 valence electrons. The number of carbonyl (C=O) groups is 1. The zero-order valence-electron chi connectivity index (χ0n) is 20.4. The van der Waals surface area contributed by atoms with Crippen LogP contribution in [0.2, 0.25) is 0 Å². The van der Waals surface area contributed by atoms with Crippen LogP contribution in [0.25, 0.3) is 0 Å². The highest BCUT2D eigenvalue weighted by atomic mass is 19.1. The number of hydrogen-bond donors (Lipinski definition) is 2. The molecule has 0 aliphatic heterocycles. The first-order valence-electron chi connectivity index (χ1n) is 11.6. The predicted octanol–water partition coefficient (Wildman–Crippen LogP) is 5.73. The van der Waals surface area contributed by atoms with Crippen LogP contribution >= 0.6 is 0 Å². The van der Waals surface area contributed by atoms with E-state index in [1.54, 1.807) is 27.7 Å². The van der Waals surface area contributed by atoms with Crippen LogP contribution in [-0.2, 0) is 11.2 Å². The molecule has 1 heterocycles. The van der Waals surface area contributed by atoms with Crippen molar-refractivity contribution in [3.63, 3.8) is 0 Å². The number of ether oxygens (including phenoxy) is 1. The van der Waals surface area contributed by atoms with Crippen molar-refractivity contribution < 1.29 is 18.3 Å². The summed E-state index contributed by atoms with van der Waals surface area (Å²) in [6.07, 6.45) is 2.09. The Morgan fingerprint density at radius 3 is 2.29 bits per heavy atom. The second kappa shape index (κ2) is 11.3. The van der Waals surface area contributed by atoms with Crippen LogP contribution in [0.4, 0.5) is 13.6 Å². The summed E-state index contributed by atoms with van der Waals surface area (Å²) < 4.78 is 32.2. The molecule has 1 atom stereocenters. The Bertz CT molecular complexity index is 1180. The van der Waals surface area contributed by atoms with Crippen LogP contribution in [0, 0.1) is 18.6 Å². The number of aryl methyl sites for hydroxylation is 1. The molecule has 0 bridgehead atoms. The van der Waals surface area contributed by atoms with E-state index in [0.29, 0.717) is 11.3 Å². The summed E-state index contributed by atoms with van der Waals surface area (Å²) in [5.41, 5.74) is 1.15. The third kappa shape index (κ3) is 8.96. The fourth-order valence-electron chi connectivity index (χ4n) is 3.54. The van der Waals surface area contributed by atoms with E-state index in [9.17, 15) is 18.4 Å². The summed E-state index contributed by atoms with van der Waals surface area (Å²) in [7, 11) is 0. The van der Waals surface area contributed by atoms with Crippen LogP contribution < -0.4 is 10.9 Å². The highest BCUT2D eigenvalue weighted by Crippen LogP contribution is 2.39. The zero-order valence-corrected chi connectivity index (χ0v) is 20.4. The Kier molecular flexibility index (Phi) is 8.38. The summed E-state index contributed by atoms with van der Waals surface area (Å²) in [5, 5.41) is 2.59. The molecule has 3 aromatic rings. The van der Waals surface area contributed by atoms with E-state index in [-0.39, 0.29) is 12.2 Å². The first-order chi connectivity index (χ1) is 16.5. The number of hydrogen-bond acceptors (Lipinski definition) is 4. The minimum absolute atomic E-state index is 0.0142. The summed E-state index contributed by atoms with van der Waals surface area (Å²) in [6.45, 7) is 6.74. The van der Waals surface area contributed by atoms with Gasteiger partial charge in [0.05, 0.1) is 6.04 Å². The van der Waals surface area contributed by atoms with E-state index < -0.39 is 34.9 Å². The number of alkyl carbamates (subject to hydrolysis) is 1. The van der Waals surface area contributed by atoms with Crippen LogP contribution in [0.15, 0.2) is 59.4 Å². The monoisotopic (exact) mass is 483 g/mol. The third-order valence-electron chi connectivity index (χ3n) is 5.12. The second-order valence-electron chi connectivity index (χ2n) is 9.64. The number of carbonyl (C=O) groups excluding carboxylic acids is 1. The van der Waals surface area contributed by atoms with Gasteiger partial charge in [-0.25, -0.2) is 18.6 Å². The van der Waals surface area contributed by atoms with E-state index in [2.05, 4.69) is 45.6 Å². The number of aromatic amines is 1. The van der Waals surface area contributed by atoms with Crippen LogP contribution in [0.1, 0.15) is 68.2 Å². The van der Waals surface area contributed by atoms with Crippen LogP contribution in [-0.4, -0.2) is 21.7 Å². The highest BCUT2D eigenvalue weighted by molar-refractivity contribution is 5.68. The fourth-order valence-corrected chi connectivity index (χ4v) is 3.54. The molecule has 2 aromatic carbocycles. The van der Waals surface area contributed by atoms with Gasteiger partial charge >= 0.3 is 6.09 Å². The lowest BCUT2D eigenvalue weighted by atomic mass is 10.0. The molecule has 1 unspecified atom stereocenters. The number of rotatable bonds is 5. The minimum Gasteiger partial charge on any atom is -0.444 e. The van der Waals surface area contributed by atoms with E-state index in [1.165, 1.54) is 24.5 Å². The highest BCUT2D eigenvalue weighted by Gasteiger charge is 2.23. The lowest BCUT2D eigenvalue weighted by Crippen LogP contribution is -2.37. The molecule has 0 saturated heterocycles. The molecule has 6 nitrogen and oxygen atoms in total. The number of nitrogens with one attached hydrogen (secondary N) is 2. The SMILES string of the molecule is Cc1cc(=O)[nH]c(C(Cc2cc(F)cc(F)c2)NC(=O)OC(C)(C)C)n1.c1ccc(C2CC2)cc1. The first kappa shape index (κ1) is 26.1. The van der Waals surface area contributed by atoms with Gasteiger partial charge in [-0.1, -0.05) is 30.3 Å². The number of nitrogens with zero attached hydrogens (tertiary/aromatic N) is 1. The van der Waals surface area contributed by atoms with Crippen molar-refractivity contribution in [3.8, 4) is 0 Å². The molecule has 1 aromatic heterocycles. The van der Waals surface area contributed by atoms with Crippen molar-refractivity contribution in [2.45, 2.75) is 64.5 Å². The maximum atomic E-state index is 13.5. The van der Waals surface area contributed by atoms with Gasteiger partial charge in [-0.15, -0.1) is 0 Å². The van der Waals surface area contributed by atoms with Gasteiger partial charge in [0, 0.05) is 24.2 Å². The molecular weight excluding hydrogens is 452 g/mol. The molecule has 1 aliphatic rings. The Morgan fingerprint density at radius 2 is 1.74 bits per heavy atom. The number of benzene rings is 2. The summed E-state index contributed by atoms with van der Waals surface area (Å²) in [5.74, 6) is -0.389. The van der Waals surface area contributed by atoms with Crippen LogP contribution in [0.5, 0.6) is 0 Å². The van der Waals surface area contributed by atoms with Crippen molar-refractivity contribution in [1.82, 2.24) is 15.3 Å². The smallest absolute Gasteiger partial charge is 0.408 e. The van der Waals surface area contributed by atoms with Crippen molar-refractivity contribution in [2.24, 2.45) is 0 Å². The summed E-state index contributed by atoms with van der Waals surface area (Å²) in [4.78, 5) is 30.6. The van der Waals surface area contributed by atoms with Gasteiger partial charge in [0.2, 0.25) is 0 Å². The second-order valence-corrected chi connectivity index (χ2v) is 9.64. The van der Waals surface area contributed by atoms with Crippen LogP contribution in [0.3, 0.4) is 0 Å². The number of amides is 1. The average Bonchev–Trinajstić information content (AvgIpc) is 3.57. The summed E-state index contributed by atoms with van der Waals surface area (Å²) in [6, 6.07) is 14.3. The molecule has 0 spiro atoms. The van der Waals surface area contributed by atoms with E-state index in [1.807, 2.05) is 0 Å². The van der Waals surface area contributed by atoms with E-state index in [4.69, 9.17) is 4.74 Å². The normalized spacial score (nSPS) is 13.9. The topological polar surface area (TPSA) is 84.1 Å².